The van der Waals surface area contributed by atoms with Crippen LogP contribution in [0.2, 0.25) is 0 Å². The third-order valence-electron chi connectivity index (χ3n) is 3.83. The maximum atomic E-state index is 5.90. The average molecular weight is 294 g/mol. The van der Waals surface area contributed by atoms with Gasteiger partial charge in [0, 0.05) is 31.1 Å². The van der Waals surface area contributed by atoms with Gasteiger partial charge < -0.3 is 9.30 Å². The van der Waals surface area contributed by atoms with Gasteiger partial charge in [0.25, 0.3) is 0 Å². The first-order valence-electron chi connectivity index (χ1n) is 7.28. The molecule has 1 atom stereocenters. The van der Waals surface area contributed by atoms with E-state index in [1.807, 2.05) is 19.1 Å². The summed E-state index contributed by atoms with van der Waals surface area (Å²) in [7, 11) is 0. The molecule has 0 aromatic carbocycles. The van der Waals surface area contributed by atoms with Crippen LogP contribution in [0.4, 0.5) is 0 Å². The molecule has 0 saturated carbocycles. The molecule has 0 radical (unpaired) electrons. The second kappa shape index (κ2) is 6.10. The summed E-state index contributed by atoms with van der Waals surface area (Å²) in [6, 6.07) is 4.04. The van der Waals surface area contributed by atoms with E-state index < -0.39 is 0 Å². The smallest absolute Gasteiger partial charge is 0.160 e. The molecule has 1 aliphatic rings. The second-order valence-electron chi connectivity index (χ2n) is 5.34. The number of aromatic nitrogens is 3. The van der Waals surface area contributed by atoms with Crippen molar-refractivity contribution in [2.45, 2.75) is 45.3 Å². The van der Waals surface area contributed by atoms with E-state index in [1.165, 1.54) is 12.8 Å². The third kappa shape index (κ3) is 2.81. The highest BCUT2D eigenvalue weighted by molar-refractivity contribution is 6.17. The van der Waals surface area contributed by atoms with Crippen LogP contribution in [0.5, 0.6) is 0 Å². The molecule has 2 aromatic heterocycles. The molecular formula is C15H20ClN3O. The van der Waals surface area contributed by atoms with Gasteiger partial charge in [0.05, 0.1) is 6.10 Å². The minimum atomic E-state index is 0.390. The molecule has 0 bridgehead atoms. The fourth-order valence-electron chi connectivity index (χ4n) is 2.80. The van der Waals surface area contributed by atoms with E-state index in [2.05, 4.69) is 14.5 Å². The van der Waals surface area contributed by atoms with E-state index in [9.17, 15) is 0 Å². The van der Waals surface area contributed by atoms with E-state index in [0.717, 1.165) is 48.7 Å². The van der Waals surface area contributed by atoms with E-state index in [1.54, 1.807) is 0 Å². The van der Waals surface area contributed by atoms with Crippen LogP contribution in [-0.2, 0) is 17.7 Å². The highest BCUT2D eigenvalue weighted by Crippen LogP contribution is 2.20. The minimum absolute atomic E-state index is 0.390. The number of hydrogen-bond acceptors (Lipinski definition) is 3. The molecule has 108 valence electrons. The molecule has 3 rings (SSSR count). The van der Waals surface area contributed by atoms with Crippen molar-refractivity contribution >= 4 is 22.8 Å². The van der Waals surface area contributed by atoms with Crippen molar-refractivity contribution < 1.29 is 4.74 Å². The highest BCUT2D eigenvalue weighted by atomic mass is 35.5. The molecule has 0 spiro atoms. The van der Waals surface area contributed by atoms with Crippen molar-refractivity contribution in [1.82, 2.24) is 14.5 Å². The standard InChI is InChI=1S/C15H20ClN3O/c1-11-4-5-13-15(17-11)19(14(18-13)6-8-16)9-7-12-3-2-10-20-12/h4-5,12H,2-3,6-10H2,1H3. The van der Waals surface area contributed by atoms with Gasteiger partial charge in [0.15, 0.2) is 5.65 Å². The van der Waals surface area contributed by atoms with Crippen molar-refractivity contribution in [3.8, 4) is 0 Å². The quantitative estimate of drug-likeness (QED) is 0.795. The van der Waals surface area contributed by atoms with E-state index in [0.29, 0.717) is 12.0 Å². The summed E-state index contributed by atoms with van der Waals surface area (Å²) in [5, 5.41) is 0. The van der Waals surface area contributed by atoms with Crippen LogP contribution in [0.3, 0.4) is 0 Å². The fourth-order valence-corrected chi connectivity index (χ4v) is 2.97. The first kappa shape index (κ1) is 13.8. The number of hydrogen-bond donors (Lipinski definition) is 0. The molecule has 3 heterocycles. The zero-order valence-electron chi connectivity index (χ0n) is 11.8. The SMILES string of the molecule is Cc1ccc2nc(CCCl)n(CCC3CCCO3)c2n1. The summed E-state index contributed by atoms with van der Waals surface area (Å²) >= 11 is 5.90. The Morgan fingerprint density at radius 2 is 2.30 bits per heavy atom. The number of alkyl halides is 1. The Labute approximate surface area is 124 Å². The second-order valence-corrected chi connectivity index (χ2v) is 5.72. The number of halogens is 1. The largest absolute Gasteiger partial charge is 0.378 e. The first-order chi connectivity index (χ1) is 9.78. The van der Waals surface area contributed by atoms with Crippen molar-refractivity contribution in [2.24, 2.45) is 0 Å². The Kier molecular flexibility index (Phi) is 4.22. The third-order valence-corrected chi connectivity index (χ3v) is 4.02. The maximum absolute atomic E-state index is 5.90. The van der Waals surface area contributed by atoms with E-state index >= 15 is 0 Å². The molecule has 1 saturated heterocycles. The van der Waals surface area contributed by atoms with Gasteiger partial charge in [-0.2, -0.15) is 0 Å². The number of aryl methyl sites for hydroxylation is 3. The zero-order valence-corrected chi connectivity index (χ0v) is 12.6. The lowest BCUT2D eigenvalue weighted by atomic mass is 10.2. The maximum Gasteiger partial charge on any atom is 0.160 e. The van der Waals surface area contributed by atoms with Crippen LogP contribution in [0.1, 0.15) is 30.8 Å². The lowest BCUT2D eigenvalue weighted by Crippen LogP contribution is -2.13. The van der Waals surface area contributed by atoms with Gasteiger partial charge in [-0.05, 0) is 38.3 Å². The van der Waals surface area contributed by atoms with Crippen molar-refractivity contribution in [3.63, 3.8) is 0 Å². The molecular weight excluding hydrogens is 274 g/mol. The predicted octanol–water partition coefficient (Wildman–Crippen LogP) is 3.09. The van der Waals surface area contributed by atoms with Crippen LogP contribution < -0.4 is 0 Å². The summed E-state index contributed by atoms with van der Waals surface area (Å²) in [5.74, 6) is 1.62. The van der Waals surface area contributed by atoms with Gasteiger partial charge in [-0.1, -0.05) is 0 Å². The predicted molar refractivity (Wildman–Crippen MR) is 80.3 cm³/mol. The molecule has 20 heavy (non-hydrogen) atoms. The fraction of sp³-hybridized carbons (Fsp3) is 0.600. The lowest BCUT2D eigenvalue weighted by molar-refractivity contribution is 0.100. The van der Waals surface area contributed by atoms with Crippen LogP contribution in [0.25, 0.3) is 11.2 Å². The van der Waals surface area contributed by atoms with Crippen LogP contribution in [-0.4, -0.2) is 33.1 Å². The molecule has 0 N–H and O–H groups in total. The van der Waals surface area contributed by atoms with Crippen LogP contribution >= 0.6 is 11.6 Å². The average Bonchev–Trinajstić information content (AvgIpc) is 3.04. The molecule has 0 amide bonds. The zero-order chi connectivity index (χ0) is 13.9. The summed E-state index contributed by atoms with van der Waals surface area (Å²) < 4.78 is 7.92. The topological polar surface area (TPSA) is 39.9 Å². The highest BCUT2D eigenvalue weighted by Gasteiger charge is 2.18. The van der Waals surface area contributed by atoms with Gasteiger partial charge in [0.1, 0.15) is 11.3 Å². The molecule has 1 aliphatic heterocycles. The number of imidazole rings is 1. The molecule has 2 aromatic rings. The first-order valence-corrected chi connectivity index (χ1v) is 7.81. The Morgan fingerprint density at radius 1 is 1.40 bits per heavy atom. The number of fused-ring (bicyclic) bond motifs is 1. The van der Waals surface area contributed by atoms with E-state index in [4.69, 9.17) is 16.3 Å². The van der Waals surface area contributed by atoms with Gasteiger partial charge >= 0.3 is 0 Å². The Balaban J connectivity index is 1.88. The Hall–Kier alpha value is -1.13. The molecule has 1 unspecified atom stereocenters. The normalized spacial score (nSPS) is 19.0. The van der Waals surface area contributed by atoms with Crippen molar-refractivity contribution in [1.29, 1.82) is 0 Å². The molecule has 0 aliphatic carbocycles. The van der Waals surface area contributed by atoms with Gasteiger partial charge in [-0.15, -0.1) is 11.6 Å². The summed E-state index contributed by atoms with van der Waals surface area (Å²) in [6.45, 7) is 3.82. The van der Waals surface area contributed by atoms with Crippen LogP contribution in [0, 0.1) is 6.92 Å². The Bertz CT molecular complexity index is 590. The van der Waals surface area contributed by atoms with Crippen molar-refractivity contribution in [2.75, 3.05) is 12.5 Å². The minimum Gasteiger partial charge on any atom is -0.378 e. The number of pyridine rings is 1. The number of ether oxygens (including phenoxy) is 1. The van der Waals surface area contributed by atoms with E-state index in [-0.39, 0.29) is 0 Å². The number of nitrogens with zero attached hydrogens (tertiary/aromatic N) is 3. The van der Waals surface area contributed by atoms with Gasteiger partial charge in [-0.3, -0.25) is 0 Å². The number of rotatable bonds is 5. The molecule has 5 heteroatoms. The van der Waals surface area contributed by atoms with Crippen molar-refractivity contribution in [3.05, 3.63) is 23.7 Å². The molecule has 4 nitrogen and oxygen atoms in total. The lowest BCUT2D eigenvalue weighted by Gasteiger charge is -2.12. The Morgan fingerprint density at radius 3 is 3.05 bits per heavy atom. The summed E-state index contributed by atoms with van der Waals surface area (Å²) in [6.07, 6.45) is 4.55. The van der Waals surface area contributed by atoms with Gasteiger partial charge in [-0.25, -0.2) is 9.97 Å². The van der Waals surface area contributed by atoms with Gasteiger partial charge in [0.2, 0.25) is 0 Å². The summed E-state index contributed by atoms with van der Waals surface area (Å²) in [4.78, 5) is 9.30. The molecule has 1 fully saturated rings. The van der Waals surface area contributed by atoms with Crippen LogP contribution in [0.15, 0.2) is 12.1 Å². The monoisotopic (exact) mass is 293 g/mol. The summed E-state index contributed by atoms with van der Waals surface area (Å²) in [5.41, 5.74) is 2.96.